The van der Waals surface area contributed by atoms with Gasteiger partial charge in [-0.15, -0.1) is 11.3 Å². The van der Waals surface area contributed by atoms with E-state index in [0.717, 1.165) is 16.2 Å². The van der Waals surface area contributed by atoms with E-state index in [-0.39, 0.29) is 29.8 Å². The van der Waals surface area contributed by atoms with Crippen LogP contribution in [0, 0.1) is 5.41 Å². The minimum absolute atomic E-state index is 0.000222. The van der Waals surface area contributed by atoms with Crippen LogP contribution in [0.4, 0.5) is 0 Å². The third kappa shape index (κ3) is 5.46. The molecular formula is C22H26ClN3O2S. The van der Waals surface area contributed by atoms with Crippen LogP contribution in [-0.4, -0.2) is 41.0 Å². The quantitative estimate of drug-likeness (QED) is 0.670. The topological polar surface area (TPSA) is 53.0 Å². The lowest BCUT2D eigenvalue weighted by molar-refractivity contribution is -0.141. The van der Waals surface area contributed by atoms with Crippen LogP contribution in [-0.2, 0) is 9.59 Å². The van der Waals surface area contributed by atoms with Gasteiger partial charge >= 0.3 is 0 Å². The van der Waals surface area contributed by atoms with E-state index >= 15 is 0 Å². The molecule has 1 unspecified atom stereocenters. The van der Waals surface area contributed by atoms with E-state index in [1.807, 2.05) is 62.5 Å². The third-order valence-electron chi connectivity index (χ3n) is 4.71. The van der Waals surface area contributed by atoms with Gasteiger partial charge in [0, 0.05) is 24.9 Å². The average Bonchev–Trinajstić information content (AvgIpc) is 3.30. The fourth-order valence-corrected chi connectivity index (χ4v) is 4.08. The second kappa shape index (κ2) is 8.67. The molecule has 1 aromatic heterocycles. The van der Waals surface area contributed by atoms with Crippen molar-refractivity contribution in [3.8, 4) is 0 Å². The van der Waals surface area contributed by atoms with Crippen molar-refractivity contribution in [1.29, 1.82) is 0 Å². The maximum atomic E-state index is 13.1. The molecule has 29 heavy (non-hydrogen) atoms. The number of halogens is 1. The summed E-state index contributed by atoms with van der Waals surface area (Å²) in [6.07, 6.45) is 1.02. The van der Waals surface area contributed by atoms with Crippen LogP contribution in [0.1, 0.15) is 50.1 Å². The van der Waals surface area contributed by atoms with Crippen LogP contribution in [0.5, 0.6) is 0 Å². The summed E-state index contributed by atoms with van der Waals surface area (Å²) in [6, 6.07) is 11.3. The fourth-order valence-electron chi connectivity index (χ4n) is 3.23. The zero-order chi connectivity index (χ0) is 21.2. The summed E-state index contributed by atoms with van der Waals surface area (Å²) < 4.78 is 0. The number of hydrogen-bond donors (Lipinski definition) is 0. The molecule has 7 heteroatoms. The number of likely N-dealkylation sites (N-methyl/N-ethyl adjacent to an activating group) is 1. The van der Waals surface area contributed by atoms with Crippen molar-refractivity contribution in [2.45, 2.75) is 39.7 Å². The summed E-state index contributed by atoms with van der Waals surface area (Å²) in [4.78, 5) is 28.1. The summed E-state index contributed by atoms with van der Waals surface area (Å²) in [5, 5.41) is 8.81. The van der Waals surface area contributed by atoms with E-state index in [2.05, 4.69) is 5.10 Å². The second-order valence-electron chi connectivity index (χ2n) is 8.52. The number of carbonyl (C=O) groups is 2. The summed E-state index contributed by atoms with van der Waals surface area (Å²) in [5.41, 5.74) is 1.73. The van der Waals surface area contributed by atoms with Crippen molar-refractivity contribution < 1.29 is 9.59 Å². The van der Waals surface area contributed by atoms with Gasteiger partial charge in [-0.25, -0.2) is 5.01 Å². The lowest BCUT2D eigenvalue weighted by atomic mass is 9.92. The molecule has 0 N–H and O–H groups in total. The summed E-state index contributed by atoms with van der Waals surface area (Å²) in [6.45, 7) is 6.03. The van der Waals surface area contributed by atoms with Gasteiger partial charge in [0.2, 0.25) is 5.91 Å². The van der Waals surface area contributed by atoms with Crippen molar-refractivity contribution >= 4 is 40.5 Å². The van der Waals surface area contributed by atoms with E-state index in [4.69, 9.17) is 11.6 Å². The molecule has 1 atom stereocenters. The van der Waals surface area contributed by atoms with Crippen LogP contribution in [0.25, 0.3) is 0 Å². The van der Waals surface area contributed by atoms with Crippen molar-refractivity contribution in [2.75, 3.05) is 13.6 Å². The lowest BCUT2D eigenvalue weighted by Crippen LogP contribution is -2.40. The molecule has 2 amide bonds. The molecular weight excluding hydrogens is 406 g/mol. The number of rotatable bonds is 5. The van der Waals surface area contributed by atoms with Crippen molar-refractivity contribution in [2.24, 2.45) is 10.5 Å². The Kier molecular flexibility index (Phi) is 6.44. The van der Waals surface area contributed by atoms with E-state index in [1.54, 1.807) is 18.4 Å². The molecule has 0 aliphatic carbocycles. The maximum absolute atomic E-state index is 13.1. The van der Waals surface area contributed by atoms with E-state index in [0.29, 0.717) is 17.9 Å². The number of benzene rings is 1. The average molecular weight is 432 g/mol. The smallest absolute Gasteiger partial charge is 0.262 e. The van der Waals surface area contributed by atoms with Crippen LogP contribution in [0.2, 0.25) is 5.02 Å². The van der Waals surface area contributed by atoms with Crippen molar-refractivity contribution in [3.63, 3.8) is 0 Å². The molecule has 0 saturated carbocycles. The summed E-state index contributed by atoms with van der Waals surface area (Å²) in [5.74, 6) is -0.239. The van der Waals surface area contributed by atoms with Crippen LogP contribution >= 0.6 is 22.9 Å². The van der Waals surface area contributed by atoms with Gasteiger partial charge in [0.25, 0.3) is 5.91 Å². The van der Waals surface area contributed by atoms with Gasteiger partial charge in [-0.2, -0.15) is 5.10 Å². The number of nitrogens with zero attached hydrogens (tertiary/aromatic N) is 3. The summed E-state index contributed by atoms with van der Waals surface area (Å²) in [7, 11) is 1.67. The zero-order valence-electron chi connectivity index (χ0n) is 17.2. The van der Waals surface area contributed by atoms with Gasteiger partial charge < -0.3 is 4.90 Å². The Balaban J connectivity index is 1.80. The fraction of sp³-hybridized carbons (Fsp3) is 0.409. The highest BCUT2D eigenvalue weighted by atomic mass is 35.5. The van der Waals surface area contributed by atoms with Crippen molar-refractivity contribution in [1.82, 2.24) is 9.91 Å². The number of amides is 2. The first-order valence-corrected chi connectivity index (χ1v) is 10.8. The second-order valence-corrected chi connectivity index (χ2v) is 9.91. The molecule has 2 aromatic rings. The van der Waals surface area contributed by atoms with E-state index < -0.39 is 0 Å². The molecule has 5 nitrogen and oxygen atoms in total. The molecule has 3 rings (SSSR count). The maximum Gasteiger partial charge on any atom is 0.262 e. The number of thiophene rings is 1. The Labute approximate surface area is 181 Å². The van der Waals surface area contributed by atoms with Gasteiger partial charge in [0.15, 0.2) is 0 Å². The molecule has 2 heterocycles. The van der Waals surface area contributed by atoms with E-state index in [9.17, 15) is 9.59 Å². The first-order valence-electron chi connectivity index (χ1n) is 9.57. The van der Waals surface area contributed by atoms with Gasteiger partial charge in [0.1, 0.15) is 6.54 Å². The summed E-state index contributed by atoms with van der Waals surface area (Å²) >= 11 is 7.64. The molecule has 0 fully saturated rings. The van der Waals surface area contributed by atoms with Crippen LogP contribution in [0.15, 0.2) is 46.9 Å². The first kappa shape index (κ1) is 21.5. The third-order valence-corrected chi connectivity index (χ3v) is 5.88. The highest BCUT2D eigenvalue weighted by molar-refractivity contribution is 7.12. The Bertz CT molecular complexity index is 901. The monoisotopic (exact) mass is 431 g/mol. The van der Waals surface area contributed by atoms with Gasteiger partial charge in [-0.1, -0.05) is 50.6 Å². The standard InChI is InChI=1S/C22H26ClN3O2S/c1-22(2,3)13-20(27)25(4)14-21(28)26-18(15-7-9-16(23)10-8-15)12-17(24-26)19-6-5-11-29-19/h5-11,18H,12-14H2,1-4H3. The molecule has 1 aliphatic heterocycles. The zero-order valence-corrected chi connectivity index (χ0v) is 18.8. The lowest BCUT2D eigenvalue weighted by Gasteiger charge is -2.26. The van der Waals surface area contributed by atoms with Crippen LogP contribution in [0.3, 0.4) is 0 Å². The molecule has 1 aliphatic rings. The van der Waals surface area contributed by atoms with E-state index in [1.165, 1.54) is 9.91 Å². The predicted octanol–water partition coefficient (Wildman–Crippen LogP) is 4.97. The number of hydrazone groups is 1. The predicted molar refractivity (Wildman–Crippen MR) is 118 cm³/mol. The Morgan fingerprint density at radius 1 is 1.24 bits per heavy atom. The van der Waals surface area contributed by atoms with Gasteiger partial charge in [0.05, 0.1) is 16.6 Å². The number of carbonyl (C=O) groups excluding carboxylic acids is 2. The highest BCUT2D eigenvalue weighted by Gasteiger charge is 2.34. The minimum atomic E-state index is -0.206. The normalized spacial score (nSPS) is 16.7. The Morgan fingerprint density at radius 2 is 1.93 bits per heavy atom. The van der Waals surface area contributed by atoms with Gasteiger partial charge in [-0.05, 0) is 34.6 Å². The Morgan fingerprint density at radius 3 is 2.52 bits per heavy atom. The number of hydrogen-bond acceptors (Lipinski definition) is 4. The van der Waals surface area contributed by atoms with Gasteiger partial charge in [-0.3, -0.25) is 9.59 Å². The van der Waals surface area contributed by atoms with Crippen LogP contribution < -0.4 is 0 Å². The largest absolute Gasteiger partial charge is 0.336 e. The van der Waals surface area contributed by atoms with Crippen molar-refractivity contribution in [3.05, 3.63) is 57.2 Å². The minimum Gasteiger partial charge on any atom is -0.336 e. The molecule has 0 radical (unpaired) electrons. The molecule has 0 spiro atoms. The highest BCUT2D eigenvalue weighted by Crippen LogP contribution is 2.34. The molecule has 1 aromatic carbocycles. The first-order chi connectivity index (χ1) is 13.6. The molecule has 0 saturated heterocycles. The molecule has 154 valence electrons. The molecule has 0 bridgehead atoms. The SMILES string of the molecule is CN(CC(=O)N1N=C(c2cccs2)CC1c1ccc(Cl)cc1)C(=O)CC(C)(C)C. The Hall–Kier alpha value is -2.18.